The van der Waals surface area contributed by atoms with Gasteiger partial charge in [0.1, 0.15) is 0 Å². The number of rotatable bonds is 6. The minimum atomic E-state index is -0.332. The first kappa shape index (κ1) is 18.3. The van der Waals surface area contributed by atoms with E-state index in [1.807, 2.05) is 6.92 Å². The van der Waals surface area contributed by atoms with Crippen LogP contribution in [0.25, 0.3) is 10.8 Å². The third kappa shape index (κ3) is 4.39. The molecule has 8 heteroatoms. The zero-order valence-corrected chi connectivity index (χ0v) is 14.9. The maximum absolute atomic E-state index is 12.4. The van der Waals surface area contributed by atoms with E-state index in [2.05, 4.69) is 15.3 Å². The monoisotopic (exact) mass is 360 g/mol. The predicted octanol–water partition coefficient (Wildman–Crippen LogP) is -0.0832. The number of hydrogen-bond donors (Lipinski definition) is 2. The van der Waals surface area contributed by atoms with Crippen LogP contribution in [0.5, 0.6) is 0 Å². The molecule has 26 heavy (non-hydrogen) atoms. The fourth-order valence-electron chi connectivity index (χ4n) is 3.18. The Morgan fingerprint density at radius 1 is 1.23 bits per heavy atom. The van der Waals surface area contributed by atoms with Gasteiger partial charge < -0.3 is 10.1 Å². The number of carbonyl (C=O) groups is 1. The molecule has 2 aromatic rings. The van der Waals surface area contributed by atoms with Gasteiger partial charge in [-0.05, 0) is 19.1 Å². The minimum Gasteiger partial charge on any atom is -0.379 e. The van der Waals surface area contributed by atoms with E-state index in [9.17, 15) is 14.4 Å². The summed E-state index contributed by atoms with van der Waals surface area (Å²) < 4.78 is 6.52. The number of H-pyrrole nitrogens is 1. The quantitative estimate of drug-likeness (QED) is 0.751. The highest BCUT2D eigenvalue weighted by atomic mass is 16.5. The first-order valence-electron chi connectivity index (χ1n) is 8.86. The summed E-state index contributed by atoms with van der Waals surface area (Å²) in [6.45, 7) is 6.04. The Balaban J connectivity index is 1.57. The average molecular weight is 360 g/mol. The molecule has 1 aliphatic rings. The molecule has 2 heterocycles. The largest absolute Gasteiger partial charge is 0.379 e. The number of aromatic nitrogens is 2. The predicted molar refractivity (Wildman–Crippen MR) is 98.3 cm³/mol. The van der Waals surface area contributed by atoms with Crippen LogP contribution >= 0.6 is 0 Å². The standard InChI is InChI=1S/C18H24N4O4/c1-13(12-21-8-10-26-11-9-21)19-16(23)6-7-22-18(25)15-5-3-2-4-14(15)17(24)20-22/h2-5,13H,6-12H2,1H3,(H,19,23)(H,20,24). The maximum atomic E-state index is 12.4. The highest BCUT2D eigenvalue weighted by Gasteiger charge is 2.15. The van der Waals surface area contributed by atoms with E-state index in [1.165, 1.54) is 4.68 Å². The number of hydrogen-bond acceptors (Lipinski definition) is 5. The molecular weight excluding hydrogens is 336 g/mol. The highest BCUT2D eigenvalue weighted by Crippen LogP contribution is 2.03. The van der Waals surface area contributed by atoms with Crippen molar-refractivity contribution in [2.75, 3.05) is 32.8 Å². The molecule has 1 unspecified atom stereocenters. The van der Waals surface area contributed by atoms with Gasteiger partial charge in [-0.3, -0.25) is 24.4 Å². The first-order chi connectivity index (χ1) is 12.5. The van der Waals surface area contributed by atoms with Crippen molar-refractivity contribution in [3.63, 3.8) is 0 Å². The number of aryl methyl sites for hydroxylation is 1. The first-order valence-corrected chi connectivity index (χ1v) is 8.86. The van der Waals surface area contributed by atoms with Crippen molar-refractivity contribution in [3.8, 4) is 0 Å². The van der Waals surface area contributed by atoms with Gasteiger partial charge in [-0.15, -0.1) is 0 Å². The van der Waals surface area contributed by atoms with Gasteiger partial charge in [0.05, 0.1) is 30.5 Å². The second-order valence-corrected chi connectivity index (χ2v) is 6.57. The number of fused-ring (bicyclic) bond motifs is 1. The van der Waals surface area contributed by atoms with Crippen molar-refractivity contribution >= 4 is 16.7 Å². The Kier molecular flexibility index (Phi) is 5.85. The summed E-state index contributed by atoms with van der Waals surface area (Å²) in [5.41, 5.74) is -0.629. The number of morpholine rings is 1. The molecule has 0 spiro atoms. The molecule has 1 aromatic heterocycles. The van der Waals surface area contributed by atoms with Gasteiger partial charge in [-0.1, -0.05) is 12.1 Å². The van der Waals surface area contributed by atoms with Crippen LogP contribution in [0.2, 0.25) is 0 Å². The van der Waals surface area contributed by atoms with Crippen LogP contribution in [-0.4, -0.2) is 59.5 Å². The Morgan fingerprint density at radius 3 is 2.65 bits per heavy atom. The van der Waals surface area contributed by atoms with E-state index in [-0.39, 0.29) is 36.0 Å². The van der Waals surface area contributed by atoms with E-state index in [1.54, 1.807) is 24.3 Å². The highest BCUT2D eigenvalue weighted by molar-refractivity contribution is 5.80. The van der Waals surface area contributed by atoms with Gasteiger partial charge in [0.25, 0.3) is 11.1 Å². The molecule has 0 saturated carbocycles. The number of benzene rings is 1. The third-order valence-corrected chi connectivity index (χ3v) is 4.49. The zero-order chi connectivity index (χ0) is 18.5. The average Bonchev–Trinajstić information content (AvgIpc) is 2.64. The molecule has 0 aliphatic carbocycles. The lowest BCUT2D eigenvalue weighted by Crippen LogP contribution is -2.46. The lowest BCUT2D eigenvalue weighted by atomic mass is 10.2. The van der Waals surface area contributed by atoms with Crippen molar-refractivity contribution in [1.82, 2.24) is 20.0 Å². The van der Waals surface area contributed by atoms with E-state index in [0.29, 0.717) is 10.8 Å². The normalized spacial score (nSPS) is 16.5. The summed E-state index contributed by atoms with van der Waals surface area (Å²) in [6, 6.07) is 6.67. The molecular formula is C18H24N4O4. The maximum Gasteiger partial charge on any atom is 0.273 e. The summed E-state index contributed by atoms with van der Waals surface area (Å²) in [5, 5.41) is 6.20. The summed E-state index contributed by atoms with van der Waals surface area (Å²) in [5.74, 6) is -0.147. The summed E-state index contributed by atoms with van der Waals surface area (Å²) in [6.07, 6.45) is 0.127. The third-order valence-electron chi connectivity index (χ3n) is 4.49. The van der Waals surface area contributed by atoms with Gasteiger partial charge in [0.2, 0.25) is 5.91 Å². The van der Waals surface area contributed by atoms with Crippen molar-refractivity contribution in [1.29, 1.82) is 0 Å². The number of nitrogens with zero attached hydrogens (tertiary/aromatic N) is 2. The van der Waals surface area contributed by atoms with Gasteiger partial charge in [0, 0.05) is 32.1 Å². The smallest absolute Gasteiger partial charge is 0.273 e. The zero-order valence-electron chi connectivity index (χ0n) is 14.9. The van der Waals surface area contributed by atoms with Crippen molar-refractivity contribution in [3.05, 3.63) is 45.0 Å². The molecule has 2 N–H and O–H groups in total. The summed E-state index contributed by atoms with van der Waals surface area (Å²) in [4.78, 5) is 38.9. The second-order valence-electron chi connectivity index (χ2n) is 6.57. The molecule has 140 valence electrons. The molecule has 0 bridgehead atoms. The Bertz CT molecular complexity index is 883. The number of aromatic amines is 1. The second kappa shape index (κ2) is 8.29. The Labute approximate surface area is 150 Å². The number of carbonyl (C=O) groups excluding carboxylic acids is 1. The summed E-state index contributed by atoms with van der Waals surface area (Å²) in [7, 11) is 0. The fourth-order valence-corrected chi connectivity index (χ4v) is 3.18. The number of ether oxygens (including phenoxy) is 1. The number of amides is 1. The fraction of sp³-hybridized carbons (Fsp3) is 0.500. The van der Waals surface area contributed by atoms with E-state index in [0.717, 1.165) is 32.8 Å². The van der Waals surface area contributed by atoms with Gasteiger partial charge in [0.15, 0.2) is 0 Å². The summed E-state index contributed by atoms with van der Waals surface area (Å²) >= 11 is 0. The SMILES string of the molecule is CC(CN1CCOCC1)NC(=O)CCn1[nH]c(=O)c2ccccc2c1=O. The van der Waals surface area contributed by atoms with Crippen LogP contribution in [-0.2, 0) is 16.1 Å². The lowest BCUT2D eigenvalue weighted by Gasteiger charge is -2.29. The van der Waals surface area contributed by atoms with Gasteiger partial charge >= 0.3 is 0 Å². The van der Waals surface area contributed by atoms with Crippen LogP contribution in [0.3, 0.4) is 0 Å². The van der Waals surface area contributed by atoms with E-state index >= 15 is 0 Å². The molecule has 1 saturated heterocycles. The molecule has 1 atom stereocenters. The van der Waals surface area contributed by atoms with Crippen molar-refractivity contribution < 1.29 is 9.53 Å². The van der Waals surface area contributed by atoms with Crippen LogP contribution < -0.4 is 16.4 Å². The van der Waals surface area contributed by atoms with Crippen LogP contribution in [0, 0.1) is 0 Å². The van der Waals surface area contributed by atoms with E-state index in [4.69, 9.17) is 4.74 Å². The van der Waals surface area contributed by atoms with E-state index < -0.39 is 0 Å². The Morgan fingerprint density at radius 2 is 1.92 bits per heavy atom. The van der Waals surface area contributed by atoms with Gasteiger partial charge in [-0.25, -0.2) is 4.68 Å². The number of nitrogens with one attached hydrogen (secondary N) is 2. The van der Waals surface area contributed by atoms with Crippen LogP contribution in [0.1, 0.15) is 13.3 Å². The molecule has 1 fully saturated rings. The van der Waals surface area contributed by atoms with Crippen LogP contribution in [0.4, 0.5) is 0 Å². The lowest BCUT2D eigenvalue weighted by molar-refractivity contribution is -0.122. The van der Waals surface area contributed by atoms with Crippen LogP contribution in [0.15, 0.2) is 33.9 Å². The molecule has 3 rings (SSSR count). The van der Waals surface area contributed by atoms with Crippen molar-refractivity contribution in [2.45, 2.75) is 25.9 Å². The molecule has 1 aliphatic heterocycles. The minimum absolute atomic E-state index is 0.00738. The molecule has 8 nitrogen and oxygen atoms in total. The molecule has 0 radical (unpaired) electrons. The molecule has 1 amide bonds. The van der Waals surface area contributed by atoms with Gasteiger partial charge in [-0.2, -0.15) is 0 Å². The topological polar surface area (TPSA) is 96.4 Å². The Hall–Kier alpha value is -2.45. The molecule has 1 aromatic carbocycles. The van der Waals surface area contributed by atoms with Crippen molar-refractivity contribution in [2.24, 2.45) is 0 Å².